The van der Waals surface area contributed by atoms with Gasteiger partial charge in [-0.2, -0.15) is 0 Å². The molecule has 1 N–H and O–H groups in total. The van der Waals surface area contributed by atoms with Crippen LogP contribution in [0.2, 0.25) is 0 Å². The van der Waals surface area contributed by atoms with Gasteiger partial charge in [-0.1, -0.05) is 6.92 Å². The second kappa shape index (κ2) is 6.10. The maximum atomic E-state index is 12.1. The van der Waals surface area contributed by atoms with Crippen LogP contribution in [0.25, 0.3) is 0 Å². The Balaban J connectivity index is 2.20. The van der Waals surface area contributed by atoms with E-state index in [9.17, 15) is 9.59 Å². The Kier molecular flexibility index (Phi) is 4.24. The van der Waals surface area contributed by atoms with Crippen LogP contribution in [0.5, 0.6) is 5.75 Å². The highest BCUT2D eigenvalue weighted by atomic mass is 16.5. The molecule has 2 aromatic heterocycles. The summed E-state index contributed by atoms with van der Waals surface area (Å²) in [5.74, 6) is -0.605. The molecule has 106 valence electrons. The second-order valence-electron chi connectivity index (χ2n) is 4.23. The molecular formula is C14H15NO5. The first-order valence-electron chi connectivity index (χ1n) is 6.26. The first-order chi connectivity index (χ1) is 9.61. The van der Waals surface area contributed by atoms with Gasteiger partial charge in [0.2, 0.25) is 5.76 Å². The predicted octanol–water partition coefficient (Wildman–Crippen LogP) is 1.98. The van der Waals surface area contributed by atoms with E-state index in [-0.39, 0.29) is 23.6 Å². The van der Waals surface area contributed by atoms with Crippen molar-refractivity contribution in [3.8, 4) is 5.75 Å². The number of rotatable bonds is 6. The van der Waals surface area contributed by atoms with E-state index in [1.165, 1.54) is 16.7 Å². The lowest BCUT2D eigenvalue weighted by molar-refractivity contribution is 0.0660. The van der Waals surface area contributed by atoms with Crippen molar-refractivity contribution in [3.63, 3.8) is 0 Å². The van der Waals surface area contributed by atoms with E-state index < -0.39 is 5.97 Å². The number of hydrogen-bond acceptors (Lipinski definition) is 4. The molecular weight excluding hydrogens is 262 g/mol. The number of aromatic carboxylic acids is 1. The largest absolute Gasteiger partial charge is 0.488 e. The lowest BCUT2D eigenvalue weighted by Crippen LogP contribution is -2.21. The number of nitrogens with zero attached hydrogens (tertiary/aromatic N) is 1. The molecule has 0 bridgehead atoms. The van der Waals surface area contributed by atoms with Gasteiger partial charge < -0.3 is 18.8 Å². The second-order valence-corrected chi connectivity index (χ2v) is 4.23. The monoisotopic (exact) mass is 277 g/mol. The molecule has 0 saturated heterocycles. The summed E-state index contributed by atoms with van der Waals surface area (Å²) in [6.45, 7) is 2.59. The van der Waals surface area contributed by atoms with Crippen molar-refractivity contribution >= 4 is 5.97 Å². The van der Waals surface area contributed by atoms with Gasteiger partial charge in [-0.3, -0.25) is 4.79 Å². The minimum absolute atomic E-state index is 0.147. The van der Waals surface area contributed by atoms with Crippen LogP contribution in [0, 0.1) is 0 Å². The molecule has 0 amide bonds. The van der Waals surface area contributed by atoms with Crippen LogP contribution < -0.4 is 10.3 Å². The summed E-state index contributed by atoms with van der Waals surface area (Å²) in [5.41, 5.74) is -0.269. The number of carboxylic acids is 1. The number of pyridine rings is 1. The van der Waals surface area contributed by atoms with Crippen molar-refractivity contribution < 1.29 is 19.1 Å². The number of carbonyl (C=O) groups is 1. The molecule has 6 heteroatoms. The molecule has 0 aliphatic rings. The zero-order valence-electron chi connectivity index (χ0n) is 11.0. The van der Waals surface area contributed by atoms with Crippen LogP contribution in [-0.4, -0.2) is 22.2 Å². The Morgan fingerprint density at radius 1 is 1.40 bits per heavy atom. The Labute approximate surface area is 115 Å². The summed E-state index contributed by atoms with van der Waals surface area (Å²) in [4.78, 5) is 22.8. The standard InChI is InChI=1S/C14H15NO5/c1-2-8-19-11-4-3-7-15(13(11)16)9-10-5-6-12(20-10)14(17)18/h3-7H,2,8-9H2,1H3,(H,17,18). The van der Waals surface area contributed by atoms with Gasteiger partial charge in [0.25, 0.3) is 5.56 Å². The third-order valence-corrected chi connectivity index (χ3v) is 2.65. The lowest BCUT2D eigenvalue weighted by Gasteiger charge is -2.07. The third-order valence-electron chi connectivity index (χ3n) is 2.65. The molecule has 0 aliphatic heterocycles. The zero-order chi connectivity index (χ0) is 14.5. The van der Waals surface area contributed by atoms with Gasteiger partial charge in [0, 0.05) is 6.20 Å². The number of aromatic nitrogens is 1. The van der Waals surface area contributed by atoms with Crippen molar-refractivity contribution in [2.75, 3.05) is 6.61 Å². The van der Waals surface area contributed by atoms with Gasteiger partial charge in [0.05, 0.1) is 13.2 Å². The van der Waals surface area contributed by atoms with Crippen LogP contribution in [-0.2, 0) is 6.54 Å². The fourth-order valence-corrected chi connectivity index (χ4v) is 1.71. The summed E-state index contributed by atoms with van der Waals surface area (Å²) < 4.78 is 11.9. The first kappa shape index (κ1) is 13.9. The molecule has 0 unspecified atom stereocenters. The van der Waals surface area contributed by atoms with Crippen LogP contribution in [0.4, 0.5) is 0 Å². The highest BCUT2D eigenvalue weighted by molar-refractivity contribution is 5.84. The smallest absolute Gasteiger partial charge is 0.371 e. The fraction of sp³-hybridized carbons (Fsp3) is 0.286. The molecule has 0 fully saturated rings. The summed E-state index contributed by atoms with van der Waals surface area (Å²) >= 11 is 0. The maximum Gasteiger partial charge on any atom is 0.371 e. The molecule has 0 aliphatic carbocycles. The number of carboxylic acid groups (broad SMARTS) is 1. The highest BCUT2D eigenvalue weighted by Gasteiger charge is 2.10. The predicted molar refractivity (Wildman–Crippen MR) is 71.3 cm³/mol. The minimum atomic E-state index is -1.14. The van der Waals surface area contributed by atoms with Gasteiger partial charge in [-0.15, -0.1) is 0 Å². The van der Waals surface area contributed by atoms with E-state index in [0.29, 0.717) is 12.4 Å². The topological polar surface area (TPSA) is 81.7 Å². The highest BCUT2D eigenvalue weighted by Crippen LogP contribution is 2.10. The zero-order valence-corrected chi connectivity index (χ0v) is 11.0. The average molecular weight is 277 g/mol. The number of hydrogen-bond donors (Lipinski definition) is 1. The first-order valence-corrected chi connectivity index (χ1v) is 6.26. The number of ether oxygens (including phenoxy) is 1. The fourth-order valence-electron chi connectivity index (χ4n) is 1.71. The Morgan fingerprint density at radius 3 is 2.85 bits per heavy atom. The summed E-state index contributed by atoms with van der Waals surface area (Å²) in [5, 5.41) is 8.78. The average Bonchev–Trinajstić information content (AvgIpc) is 2.88. The Morgan fingerprint density at radius 2 is 2.20 bits per heavy atom. The normalized spacial score (nSPS) is 10.4. The van der Waals surface area contributed by atoms with Crippen LogP contribution in [0.3, 0.4) is 0 Å². The number of furan rings is 1. The molecule has 2 rings (SSSR count). The molecule has 0 atom stereocenters. The maximum absolute atomic E-state index is 12.1. The molecule has 20 heavy (non-hydrogen) atoms. The van der Waals surface area contributed by atoms with Crippen molar-refractivity contribution in [2.45, 2.75) is 19.9 Å². The van der Waals surface area contributed by atoms with Crippen LogP contribution >= 0.6 is 0 Å². The van der Waals surface area contributed by atoms with E-state index in [1.54, 1.807) is 18.3 Å². The quantitative estimate of drug-likeness (QED) is 0.873. The molecule has 0 spiro atoms. The van der Waals surface area contributed by atoms with Crippen molar-refractivity contribution in [1.29, 1.82) is 0 Å². The Bertz CT molecular complexity index is 656. The van der Waals surface area contributed by atoms with Gasteiger partial charge in [-0.05, 0) is 30.7 Å². The van der Waals surface area contributed by atoms with Gasteiger partial charge >= 0.3 is 5.97 Å². The summed E-state index contributed by atoms with van der Waals surface area (Å²) in [6.07, 6.45) is 2.42. The van der Waals surface area contributed by atoms with E-state index in [2.05, 4.69) is 0 Å². The molecule has 6 nitrogen and oxygen atoms in total. The summed E-state index contributed by atoms with van der Waals surface area (Å²) in [6, 6.07) is 6.21. The third kappa shape index (κ3) is 3.09. The van der Waals surface area contributed by atoms with Crippen LogP contribution in [0.1, 0.15) is 29.7 Å². The van der Waals surface area contributed by atoms with Crippen molar-refractivity contribution in [2.24, 2.45) is 0 Å². The van der Waals surface area contributed by atoms with Gasteiger partial charge in [-0.25, -0.2) is 4.79 Å². The van der Waals surface area contributed by atoms with Crippen LogP contribution in [0.15, 0.2) is 39.7 Å². The molecule has 0 saturated carbocycles. The van der Waals surface area contributed by atoms with E-state index in [0.717, 1.165) is 6.42 Å². The minimum Gasteiger partial charge on any atom is -0.488 e. The SMILES string of the molecule is CCCOc1cccn(Cc2ccc(C(=O)O)o2)c1=O. The molecule has 2 aromatic rings. The van der Waals surface area contributed by atoms with E-state index in [4.69, 9.17) is 14.3 Å². The van der Waals surface area contributed by atoms with Gasteiger partial charge in [0.1, 0.15) is 5.76 Å². The van der Waals surface area contributed by atoms with E-state index in [1.807, 2.05) is 6.92 Å². The Hall–Kier alpha value is -2.50. The van der Waals surface area contributed by atoms with Gasteiger partial charge in [0.15, 0.2) is 5.75 Å². The molecule has 2 heterocycles. The lowest BCUT2D eigenvalue weighted by atomic mass is 10.4. The molecule has 0 radical (unpaired) electrons. The van der Waals surface area contributed by atoms with Crippen molar-refractivity contribution in [3.05, 3.63) is 52.3 Å². The summed E-state index contributed by atoms with van der Waals surface area (Å²) in [7, 11) is 0. The van der Waals surface area contributed by atoms with Crippen molar-refractivity contribution in [1.82, 2.24) is 4.57 Å². The van der Waals surface area contributed by atoms with E-state index >= 15 is 0 Å². The molecule has 0 aromatic carbocycles.